The Morgan fingerprint density at radius 2 is 2.32 bits per heavy atom. The summed E-state index contributed by atoms with van der Waals surface area (Å²) in [7, 11) is -2.35. The first-order valence-electron chi connectivity index (χ1n) is 6.32. The van der Waals surface area contributed by atoms with Crippen LogP contribution < -0.4 is 4.72 Å². The lowest BCUT2D eigenvalue weighted by Crippen LogP contribution is -2.38. The van der Waals surface area contributed by atoms with Gasteiger partial charge in [-0.15, -0.1) is 22.7 Å². The van der Waals surface area contributed by atoms with Gasteiger partial charge < -0.3 is 4.74 Å². The van der Waals surface area contributed by atoms with E-state index in [4.69, 9.17) is 4.74 Å². The molecule has 0 aliphatic rings. The lowest BCUT2D eigenvalue weighted by molar-refractivity contribution is 0.0984. The van der Waals surface area contributed by atoms with Crippen molar-refractivity contribution in [3.8, 4) is 0 Å². The van der Waals surface area contributed by atoms with E-state index in [2.05, 4.69) is 9.71 Å². The number of nitrogens with zero attached hydrogens (tertiary/aromatic N) is 2. The van der Waals surface area contributed by atoms with Gasteiger partial charge in [-0.05, 0) is 13.0 Å². The van der Waals surface area contributed by atoms with Gasteiger partial charge in [0.1, 0.15) is 10.1 Å². The highest BCUT2D eigenvalue weighted by Gasteiger charge is 2.25. The van der Waals surface area contributed by atoms with Gasteiger partial charge in [0.05, 0.1) is 17.0 Å². The summed E-state index contributed by atoms with van der Waals surface area (Å²) in [5.41, 5.74) is 0.800. The maximum absolute atomic E-state index is 12.2. The number of thiophene rings is 1. The van der Waals surface area contributed by atoms with Gasteiger partial charge in [-0.2, -0.15) is 0 Å². The predicted molar refractivity (Wildman–Crippen MR) is 86.2 cm³/mol. The number of imidazole rings is 1. The van der Waals surface area contributed by atoms with Crippen LogP contribution in [0.1, 0.15) is 16.6 Å². The fraction of sp³-hybridized carbons (Fsp3) is 0.333. The van der Waals surface area contributed by atoms with Crippen LogP contribution in [0.3, 0.4) is 0 Å². The number of fused-ring (bicyclic) bond motifs is 3. The Morgan fingerprint density at radius 1 is 1.55 bits per heavy atom. The molecular formula is C12H13N3O4S3. The molecule has 1 atom stereocenters. The minimum Gasteiger partial charge on any atom is -0.383 e. The molecule has 0 saturated heterocycles. The van der Waals surface area contributed by atoms with Gasteiger partial charge in [0.15, 0.2) is 4.96 Å². The van der Waals surface area contributed by atoms with E-state index in [-0.39, 0.29) is 6.61 Å². The van der Waals surface area contributed by atoms with Crippen molar-refractivity contribution < 1.29 is 17.9 Å². The molecule has 0 spiro atoms. The van der Waals surface area contributed by atoms with Gasteiger partial charge in [-0.3, -0.25) is 9.20 Å². The molecule has 1 amide bonds. The third-order valence-electron chi connectivity index (χ3n) is 3.13. The molecule has 3 rings (SSSR count). The molecule has 0 radical (unpaired) electrons. The van der Waals surface area contributed by atoms with Crippen molar-refractivity contribution in [3.63, 3.8) is 0 Å². The number of methoxy groups -OCH3 is 1. The lowest BCUT2D eigenvalue weighted by Gasteiger charge is -2.12. The molecular weight excluding hydrogens is 346 g/mol. The largest absolute Gasteiger partial charge is 0.383 e. The average Bonchev–Trinajstić information content (AvgIpc) is 3.09. The topological polar surface area (TPSA) is 89.8 Å². The number of hydrogen-bond donors (Lipinski definition) is 1. The second kappa shape index (κ2) is 5.61. The second-order valence-electron chi connectivity index (χ2n) is 4.71. The van der Waals surface area contributed by atoms with E-state index < -0.39 is 21.2 Å². The Labute approximate surface area is 134 Å². The Balaban J connectivity index is 1.87. The number of hydrogen-bond acceptors (Lipinski definition) is 7. The van der Waals surface area contributed by atoms with E-state index in [0.717, 1.165) is 10.5 Å². The maximum Gasteiger partial charge on any atom is 0.274 e. The van der Waals surface area contributed by atoms with Crippen LogP contribution in [0.25, 0.3) is 15.3 Å². The van der Waals surface area contributed by atoms with Crippen LogP contribution >= 0.6 is 22.7 Å². The molecule has 3 aromatic rings. The summed E-state index contributed by atoms with van der Waals surface area (Å²) >= 11 is 2.67. The van der Waals surface area contributed by atoms with E-state index in [9.17, 15) is 13.2 Å². The van der Waals surface area contributed by atoms with Crippen molar-refractivity contribution in [2.45, 2.75) is 12.2 Å². The molecule has 1 N–H and O–H groups in total. The Morgan fingerprint density at radius 3 is 3.05 bits per heavy atom. The third kappa shape index (κ3) is 2.62. The van der Waals surface area contributed by atoms with E-state index >= 15 is 0 Å². The van der Waals surface area contributed by atoms with E-state index in [0.29, 0.717) is 9.71 Å². The lowest BCUT2D eigenvalue weighted by atomic mass is 10.4. The average molecular weight is 359 g/mol. The van der Waals surface area contributed by atoms with Crippen LogP contribution in [0.15, 0.2) is 17.6 Å². The summed E-state index contributed by atoms with van der Waals surface area (Å²) in [6, 6.07) is 1.65. The summed E-state index contributed by atoms with van der Waals surface area (Å²) in [5, 5.41) is 1.09. The zero-order valence-corrected chi connectivity index (χ0v) is 14.2. The highest BCUT2D eigenvalue weighted by Crippen LogP contribution is 2.28. The molecule has 0 bridgehead atoms. The fourth-order valence-corrected chi connectivity index (χ4v) is 4.61. The zero-order valence-electron chi connectivity index (χ0n) is 11.8. The van der Waals surface area contributed by atoms with Crippen LogP contribution in [-0.4, -0.2) is 42.7 Å². The Hall–Kier alpha value is -1.49. The number of nitrogens with one attached hydrogen (secondary N) is 1. The Kier molecular flexibility index (Phi) is 3.93. The molecule has 0 aliphatic carbocycles. The van der Waals surface area contributed by atoms with E-state index in [1.54, 1.807) is 6.07 Å². The zero-order chi connectivity index (χ0) is 15.9. The van der Waals surface area contributed by atoms with Crippen molar-refractivity contribution in [2.75, 3.05) is 13.7 Å². The van der Waals surface area contributed by atoms with Crippen LogP contribution in [0.5, 0.6) is 0 Å². The van der Waals surface area contributed by atoms with Gasteiger partial charge in [0.2, 0.25) is 10.0 Å². The summed E-state index contributed by atoms with van der Waals surface area (Å²) in [6.45, 7) is 1.50. The van der Waals surface area contributed by atoms with E-state index in [1.807, 2.05) is 16.0 Å². The fourth-order valence-electron chi connectivity index (χ4n) is 1.96. The molecule has 3 aromatic heterocycles. The molecule has 0 aromatic carbocycles. The van der Waals surface area contributed by atoms with E-state index in [1.165, 1.54) is 36.7 Å². The highest BCUT2D eigenvalue weighted by atomic mass is 32.2. The van der Waals surface area contributed by atoms with Crippen LogP contribution in [0.2, 0.25) is 0 Å². The minimum absolute atomic E-state index is 0.0208. The SMILES string of the molecule is COC[C@H](C)S(=O)(=O)NC(=O)c1cc2c(nc3sccn32)s1. The minimum atomic E-state index is -3.77. The van der Waals surface area contributed by atoms with Crippen LogP contribution in [0.4, 0.5) is 0 Å². The quantitative estimate of drug-likeness (QED) is 0.749. The first-order chi connectivity index (χ1) is 10.4. The molecule has 0 aliphatic heterocycles. The van der Waals surface area contributed by atoms with Gasteiger partial charge in [0.25, 0.3) is 5.91 Å². The highest BCUT2D eigenvalue weighted by molar-refractivity contribution is 7.90. The second-order valence-corrected chi connectivity index (χ2v) is 8.71. The first-order valence-corrected chi connectivity index (χ1v) is 9.56. The number of aromatic nitrogens is 2. The number of amides is 1. The number of sulfonamides is 1. The normalized spacial score (nSPS) is 13.7. The molecule has 10 heteroatoms. The van der Waals surface area contributed by atoms with Crippen molar-refractivity contribution in [1.82, 2.24) is 14.1 Å². The molecule has 7 nitrogen and oxygen atoms in total. The van der Waals surface area contributed by atoms with Crippen molar-refractivity contribution >= 4 is 53.9 Å². The summed E-state index contributed by atoms with van der Waals surface area (Å²) in [6.07, 6.45) is 1.86. The van der Waals surface area contributed by atoms with Crippen LogP contribution in [0, 0.1) is 0 Å². The molecule has 0 fully saturated rings. The first kappa shape index (κ1) is 15.4. The standard InChI is InChI=1S/C12H13N3O4S3/c1-7(6-19-2)22(17,18)14-10(16)9-5-8-11(21-9)13-12-15(8)3-4-20-12/h3-5,7H,6H2,1-2H3,(H,14,16)/t7-/m0/s1. The predicted octanol–water partition coefficient (Wildman–Crippen LogP) is 1.71. The summed E-state index contributed by atoms with van der Waals surface area (Å²) in [4.78, 5) is 18.4. The number of carbonyl (C=O) groups is 1. The van der Waals surface area contributed by atoms with Crippen molar-refractivity contribution in [2.24, 2.45) is 0 Å². The molecule has 118 valence electrons. The van der Waals surface area contributed by atoms with Crippen molar-refractivity contribution in [3.05, 3.63) is 22.5 Å². The number of ether oxygens (including phenoxy) is 1. The maximum atomic E-state index is 12.2. The monoisotopic (exact) mass is 359 g/mol. The van der Waals surface area contributed by atoms with Crippen molar-refractivity contribution in [1.29, 1.82) is 0 Å². The third-order valence-corrected chi connectivity index (χ3v) is 6.57. The molecule has 22 heavy (non-hydrogen) atoms. The number of thiazole rings is 1. The molecule has 0 saturated carbocycles. The molecule has 0 unspecified atom stereocenters. The Bertz CT molecular complexity index is 937. The van der Waals surface area contributed by atoms with Gasteiger partial charge >= 0.3 is 0 Å². The summed E-state index contributed by atoms with van der Waals surface area (Å²) in [5.74, 6) is -0.644. The van der Waals surface area contributed by atoms with Crippen LogP contribution in [-0.2, 0) is 14.8 Å². The summed E-state index contributed by atoms with van der Waals surface area (Å²) < 4.78 is 32.8. The number of rotatable bonds is 5. The van der Waals surface area contributed by atoms with Gasteiger partial charge in [0, 0.05) is 18.7 Å². The number of carbonyl (C=O) groups excluding carboxylic acids is 1. The van der Waals surface area contributed by atoms with Gasteiger partial charge in [-0.1, -0.05) is 0 Å². The molecule has 3 heterocycles. The van der Waals surface area contributed by atoms with Gasteiger partial charge in [-0.25, -0.2) is 18.1 Å². The smallest absolute Gasteiger partial charge is 0.274 e.